The predicted octanol–water partition coefficient (Wildman–Crippen LogP) is 3.60. The molecule has 0 aliphatic heterocycles. The second-order valence-electron chi connectivity index (χ2n) is 6.49. The van der Waals surface area contributed by atoms with Crippen molar-refractivity contribution in [3.63, 3.8) is 0 Å². The maximum Gasteiger partial charge on any atom is 0.232 e. The van der Waals surface area contributed by atoms with Gasteiger partial charge in [0.1, 0.15) is 0 Å². The lowest BCUT2D eigenvalue weighted by Crippen LogP contribution is -2.43. The Morgan fingerprint density at radius 3 is 2.12 bits per heavy atom. The molecule has 0 radical (unpaired) electrons. The number of hydrogen-bond acceptors (Lipinski definition) is 3. The van der Waals surface area contributed by atoms with E-state index in [0.717, 1.165) is 12.2 Å². The molecule has 0 saturated heterocycles. The zero-order valence-corrected chi connectivity index (χ0v) is 16.1. The van der Waals surface area contributed by atoms with E-state index in [1.807, 2.05) is 31.2 Å². The summed E-state index contributed by atoms with van der Waals surface area (Å²) in [6, 6.07) is 21.0. The van der Waals surface area contributed by atoms with Crippen LogP contribution in [0.15, 0.2) is 60.7 Å². The van der Waals surface area contributed by atoms with Crippen LogP contribution in [0.4, 0.5) is 0 Å². The van der Waals surface area contributed by atoms with Crippen molar-refractivity contribution in [3.8, 4) is 0 Å². The van der Waals surface area contributed by atoms with Gasteiger partial charge in [-0.05, 0) is 38.6 Å². The summed E-state index contributed by atoms with van der Waals surface area (Å²) in [6.45, 7) is 2.64. The number of hydrogen-bond donors (Lipinski definition) is 1. The summed E-state index contributed by atoms with van der Waals surface area (Å²) in [5.74, 6) is 0.970. The van der Waals surface area contributed by atoms with E-state index in [1.54, 1.807) is 11.8 Å². The Kier molecular flexibility index (Phi) is 8.02. The van der Waals surface area contributed by atoms with Crippen molar-refractivity contribution in [2.45, 2.75) is 30.4 Å². The molecule has 0 aliphatic rings. The van der Waals surface area contributed by atoms with Crippen LogP contribution in [0.1, 0.15) is 18.1 Å². The number of carbonyl (C=O) groups excluding carboxylic acids is 1. The van der Waals surface area contributed by atoms with Gasteiger partial charge in [-0.25, -0.2) is 0 Å². The Balaban J connectivity index is 1.79. The van der Waals surface area contributed by atoms with Gasteiger partial charge in [0.05, 0.1) is 5.25 Å². The first-order valence-corrected chi connectivity index (χ1v) is 9.74. The molecule has 2 aromatic rings. The van der Waals surface area contributed by atoms with Gasteiger partial charge in [-0.3, -0.25) is 4.79 Å². The van der Waals surface area contributed by atoms with Crippen molar-refractivity contribution >= 4 is 17.7 Å². The van der Waals surface area contributed by atoms with E-state index in [4.69, 9.17) is 0 Å². The molecule has 2 unspecified atom stereocenters. The van der Waals surface area contributed by atoms with Crippen molar-refractivity contribution < 1.29 is 4.79 Å². The fourth-order valence-electron chi connectivity index (χ4n) is 2.56. The van der Waals surface area contributed by atoms with Gasteiger partial charge in [-0.1, -0.05) is 60.7 Å². The van der Waals surface area contributed by atoms with Gasteiger partial charge in [0.15, 0.2) is 0 Å². The summed E-state index contributed by atoms with van der Waals surface area (Å²) >= 11 is 1.68. The molecule has 2 aromatic carbocycles. The Hall–Kier alpha value is -1.78. The van der Waals surface area contributed by atoms with Gasteiger partial charge in [-0.2, -0.15) is 0 Å². The van der Waals surface area contributed by atoms with Crippen molar-refractivity contribution in [2.24, 2.45) is 0 Å². The standard InChI is InChI=1S/C21H28N2OS/c1-17(25-16-19-12-8-5-9-13-19)21(24)22-15-20(23(2)3)14-18-10-6-4-7-11-18/h4-13,17,20H,14-16H2,1-3H3,(H,22,24). The average Bonchev–Trinajstić information content (AvgIpc) is 2.64. The predicted molar refractivity (Wildman–Crippen MR) is 108 cm³/mol. The molecular formula is C21H28N2OS. The second-order valence-corrected chi connectivity index (χ2v) is 7.82. The summed E-state index contributed by atoms with van der Waals surface area (Å²) in [6.07, 6.45) is 0.930. The number of benzene rings is 2. The molecule has 0 saturated carbocycles. The highest BCUT2D eigenvalue weighted by Gasteiger charge is 2.17. The topological polar surface area (TPSA) is 32.3 Å². The Bertz CT molecular complexity index is 631. The largest absolute Gasteiger partial charge is 0.354 e. The Labute approximate surface area is 155 Å². The van der Waals surface area contributed by atoms with Crippen LogP contribution in [0.3, 0.4) is 0 Å². The molecule has 1 N–H and O–H groups in total. The lowest BCUT2D eigenvalue weighted by atomic mass is 10.1. The van der Waals surface area contributed by atoms with E-state index < -0.39 is 0 Å². The molecule has 0 aliphatic carbocycles. The minimum atomic E-state index is -0.0558. The molecule has 2 rings (SSSR count). The van der Waals surface area contributed by atoms with Crippen molar-refractivity contribution in [1.29, 1.82) is 0 Å². The molecule has 0 aromatic heterocycles. The molecular weight excluding hydrogens is 328 g/mol. The second kappa shape index (κ2) is 10.3. The highest BCUT2D eigenvalue weighted by molar-refractivity contribution is 7.99. The number of likely N-dealkylation sites (N-methyl/N-ethyl adjacent to an activating group) is 1. The molecule has 3 nitrogen and oxygen atoms in total. The Morgan fingerprint density at radius 2 is 1.56 bits per heavy atom. The van der Waals surface area contributed by atoms with Crippen LogP contribution in [-0.2, 0) is 17.0 Å². The molecule has 1 amide bonds. The smallest absolute Gasteiger partial charge is 0.232 e. The van der Waals surface area contributed by atoms with Crippen molar-refractivity contribution in [2.75, 3.05) is 20.6 Å². The third-order valence-electron chi connectivity index (χ3n) is 4.27. The van der Waals surface area contributed by atoms with Gasteiger partial charge < -0.3 is 10.2 Å². The minimum Gasteiger partial charge on any atom is -0.354 e. The van der Waals surface area contributed by atoms with E-state index in [0.29, 0.717) is 6.54 Å². The summed E-state index contributed by atoms with van der Waals surface area (Å²) in [5, 5.41) is 3.06. The van der Waals surface area contributed by atoms with Crippen LogP contribution >= 0.6 is 11.8 Å². The molecule has 0 bridgehead atoms. The first kappa shape index (κ1) is 19.5. The van der Waals surface area contributed by atoms with Crippen molar-refractivity contribution in [1.82, 2.24) is 10.2 Å². The monoisotopic (exact) mass is 356 g/mol. The number of nitrogens with zero attached hydrogens (tertiary/aromatic N) is 1. The summed E-state index contributed by atoms with van der Waals surface area (Å²) in [7, 11) is 4.13. The normalized spacial score (nSPS) is 13.4. The summed E-state index contributed by atoms with van der Waals surface area (Å²) < 4.78 is 0. The molecule has 0 fully saturated rings. The number of thioether (sulfide) groups is 1. The molecule has 0 spiro atoms. The number of rotatable bonds is 9. The van der Waals surface area contributed by atoms with Crippen LogP contribution in [0.2, 0.25) is 0 Å². The first-order valence-electron chi connectivity index (χ1n) is 8.70. The van der Waals surface area contributed by atoms with Crippen LogP contribution in [0.25, 0.3) is 0 Å². The fourth-order valence-corrected chi connectivity index (χ4v) is 3.43. The van der Waals surface area contributed by atoms with Gasteiger partial charge in [-0.15, -0.1) is 11.8 Å². The van der Waals surface area contributed by atoms with E-state index in [9.17, 15) is 4.79 Å². The SMILES string of the molecule is CC(SCc1ccccc1)C(=O)NCC(Cc1ccccc1)N(C)C. The van der Waals surface area contributed by atoms with Gasteiger partial charge in [0, 0.05) is 18.3 Å². The van der Waals surface area contributed by atoms with Gasteiger partial charge in [0.2, 0.25) is 5.91 Å². The van der Waals surface area contributed by atoms with E-state index in [2.05, 4.69) is 60.7 Å². The van der Waals surface area contributed by atoms with Crippen LogP contribution in [-0.4, -0.2) is 42.7 Å². The zero-order valence-electron chi connectivity index (χ0n) is 15.3. The van der Waals surface area contributed by atoms with Crippen LogP contribution < -0.4 is 5.32 Å². The van der Waals surface area contributed by atoms with Gasteiger partial charge in [0.25, 0.3) is 0 Å². The van der Waals surface area contributed by atoms with Crippen LogP contribution in [0, 0.1) is 0 Å². The van der Waals surface area contributed by atoms with E-state index in [1.165, 1.54) is 11.1 Å². The zero-order chi connectivity index (χ0) is 18.1. The third-order valence-corrected chi connectivity index (χ3v) is 5.48. The quantitative estimate of drug-likeness (QED) is 0.745. The number of carbonyl (C=O) groups is 1. The maximum atomic E-state index is 12.4. The number of amides is 1. The lowest BCUT2D eigenvalue weighted by molar-refractivity contribution is -0.120. The highest BCUT2D eigenvalue weighted by atomic mass is 32.2. The first-order chi connectivity index (χ1) is 12.1. The summed E-state index contributed by atoms with van der Waals surface area (Å²) in [4.78, 5) is 14.6. The van der Waals surface area contributed by atoms with E-state index in [-0.39, 0.29) is 17.2 Å². The minimum absolute atomic E-state index is 0.0558. The molecule has 134 valence electrons. The Morgan fingerprint density at radius 1 is 1.00 bits per heavy atom. The fraction of sp³-hybridized carbons (Fsp3) is 0.381. The lowest BCUT2D eigenvalue weighted by Gasteiger charge is -2.25. The highest BCUT2D eigenvalue weighted by Crippen LogP contribution is 2.17. The average molecular weight is 357 g/mol. The molecule has 2 atom stereocenters. The maximum absolute atomic E-state index is 12.4. The molecule has 25 heavy (non-hydrogen) atoms. The van der Waals surface area contributed by atoms with Crippen LogP contribution in [0.5, 0.6) is 0 Å². The molecule has 4 heteroatoms. The number of nitrogens with one attached hydrogen (secondary N) is 1. The molecule has 0 heterocycles. The summed E-state index contributed by atoms with van der Waals surface area (Å²) in [5.41, 5.74) is 2.55. The third kappa shape index (κ3) is 6.92. The van der Waals surface area contributed by atoms with E-state index >= 15 is 0 Å². The van der Waals surface area contributed by atoms with Gasteiger partial charge >= 0.3 is 0 Å². The van der Waals surface area contributed by atoms with Crippen molar-refractivity contribution in [3.05, 3.63) is 71.8 Å².